The van der Waals surface area contributed by atoms with Crippen LogP contribution in [0.15, 0.2) is 54.6 Å². The molecule has 1 aliphatic carbocycles. The molecule has 2 atom stereocenters. The summed E-state index contributed by atoms with van der Waals surface area (Å²) in [6, 6.07) is 12.8. The minimum absolute atomic E-state index is 0.107. The summed E-state index contributed by atoms with van der Waals surface area (Å²) in [5.74, 6) is -2.82. The second kappa shape index (κ2) is 9.73. The fourth-order valence-corrected chi connectivity index (χ4v) is 5.20. The number of rotatable bonds is 5. The van der Waals surface area contributed by atoms with Crippen LogP contribution in [0.4, 0.5) is 15.8 Å². The molecular formula is C23H13Cl6FN2O2. The van der Waals surface area contributed by atoms with Crippen molar-refractivity contribution < 1.29 is 14.0 Å². The van der Waals surface area contributed by atoms with Crippen LogP contribution in [0.5, 0.6) is 0 Å². The number of hydrogen-bond donors (Lipinski definition) is 2. The Hall–Kier alpha value is -1.73. The van der Waals surface area contributed by atoms with Gasteiger partial charge in [0.1, 0.15) is 10.2 Å². The lowest BCUT2D eigenvalue weighted by atomic mass is 10.1. The van der Waals surface area contributed by atoms with E-state index >= 15 is 0 Å². The van der Waals surface area contributed by atoms with Gasteiger partial charge in [0.2, 0.25) is 5.91 Å². The molecule has 0 heterocycles. The molecule has 0 saturated heterocycles. The van der Waals surface area contributed by atoms with Crippen molar-refractivity contribution in [1.82, 2.24) is 0 Å². The van der Waals surface area contributed by atoms with Gasteiger partial charge in [-0.1, -0.05) is 46.4 Å². The topological polar surface area (TPSA) is 58.2 Å². The lowest BCUT2D eigenvalue weighted by molar-refractivity contribution is -0.117. The maximum atomic E-state index is 13.1. The van der Waals surface area contributed by atoms with Gasteiger partial charge >= 0.3 is 0 Å². The van der Waals surface area contributed by atoms with Crippen LogP contribution >= 0.6 is 69.6 Å². The van der Waals surface area contributed by atoms with Crippen molar-refractivity contribution in [3.63, 3.8) is 0 Å². The minimum atomic E-state index is -1.39. The lowest BCUT2D eigenvalue weighted by Crippen LogP contribution is -2.18. The fourth-order valence-electron chi connectivity index (χ4n) is 3.55. The van der Waals surface area contributed by atoms with E-state index in [-0.39, 0.29) is 25.7 Å². The average molecular weight is 581 g/mol. The second-order valence-corrected chi connectivity index (χ2v) is 10.6. The average Bonchev–Trinajstić information content (AvgIpc) is 3.36. The molecule has 0 aromatic heterocycles. The summed E-state index contributed by atoms with van der Waals surface area (Å²) in [4.78, 5) is 25.6. The molecule has 0 spiro atoms. The first kappa shape index (κ1) is 25.4. The van der Waals surface area contributed by atoms with E-state index in [2.05, 4.69) is 10.6 Å². The summed E-state index contributed by atoms with van der Waals surface area (Å²) in [7, 11) is 0. The number of anilines is 2. The molecule has 0 radical (unpaired) electrons. The van der Waals surface area contributed by atoms with E-state index in [9.17, 15) is 14.0 Å². The molecule has 3 aromatic rings. The van der Waals surface area contributed by atoms with Crippen molar-refractivity contribution in [2.75, 3.05) is 10.6 Å². The van der Waals surface area contributed by atoms with Crippen LogP contribution in [-0.4, -0.2) is 16.1 Å². The molecule has 2 amide bonds. The predicted molar refractivity (Wildman–Crippen MR) is 137 cm³/mol. The number of nitrogens with one attached hydrogen (secondary N) is 2. The van der Waals surface area contributed by atoms with E-state index in [1.165, 1.54) is 42.5 Å². The zero-order valence-corrected chi connectivity index (χ0v) is 21.3. The summed E-state index contributed by atoms with van der Waals surface area (Å²) in [5, 5.41) is 6.11. The highest BCUT2D eigenvalue weighted by Gasteiger charge is 2.67. The molecular weight excluding hydrogens is 568 g/mol. The Labute approximate surface area is 224 Å². The van der Waals surface area contributed by atoms with E-state index in [0.29, 0.717) is 16.9 Å². The highest BCUT2D eigenvalue weighted by molar-refractivity contribution is 6.54. The second-order valence-electron chi connectivity index (χ2n) is 7.57. The van der Waals surface area contributed by atoms with Crippen molar-refractivity contribution in [2.45, 2.75) is 10.3 Å². The number of halogens is 7. The number of carbonyl (C=O) groups is 2. The largest absolute Gasteiger partial charge is 0.326 e. The highest BCUT2D eigenvalue weighted by atomic mass is 35.5. The molecule has 0 aliphatic heterocycles. The summed E-state index contributed by atoms with van der Waals surface area (Å²) in [6.45, 7) is 0. The van der Waals surface area contributed by atoms with Gasteiger partial charge in [0.05, 0.1) is 31.6 Å². The Morgan fingerprint density at radius 3 is 2.00 bits per heavy atom. The first-order valence-corrected chi connectivity index (χ1v) is 12.0. The van der Waals surface area contributed by atoms with E-state index in [1.807, 2.05) is 0 Å². The van der Waals surface area contributed by atoms with E-state index in [4.69, 9.17) is 69.6 Å². The smallest absolute Gasteiger partial charge is 0.257 e. The van der Waals surface area contributed by atoms with Crippen molar-refractivity contribution in [1.29, 1.82) is 0 Å². The number of hydrogen-bond acceptors (Lipinski definition) is 2. The quantitative estimate of drug-likeness (QED) is 0.236. The maximum absolute atomic E-state index is 13.1. The zero-order chi connectivity index (χ0) is 24.8. The summed E-state index contributed by atoms with van der Waals surface area (Å²) in [6.07, 6.45) is 0. The van der Waals surface area contributed by atoms with Crippen LogP contribution in [0.1, 0.15) is 21.8 Å². The Morgan fingerprint density at radius 1 is 0.794 bits per heavy atom. The van der Waals surface area contributed by atoms with Crippen LogP contribution in [0.3, 0.4) is 0 Å². The number of benzene rings is 3. The van der Waals surface area contributed by atoms with Gasteiger partial charge in [-0.15, -0.1) is 23.2 Å². The third kappa shape index (κ3) is 5.11. The van der Waals surface area contributed by atoms with Crippen LogP contribution in [0.2, 0.25) is 20.1 Å². The third-order valence-corrected chi connectivity index (χ3v) is 7.75. The van der Waals surface area contributed by atoms with E-state index < -0.39 is 33.8 Å². The molecule has 1 aliphatic rings. The van der Waals surface area contributed by atoms with Crippen LogP contribution < -0.4 is 10.6 Å². The van der Waals surface area contributed by atoms with Gasteiger partial charge in [-0.2, -0.15) is 0 Å². The van der Waals surface area contributed by atoms with Crippen LogP contribution in [0.25, 0.3) is 0 Å². The summed E-state index contributed by atoms with van der Waals surface area (Å²) >= 11 is 37.2. The Morgan fingerprint density at radius 2 is 1.38 bits per heavy atom. The van der Waals surface area contributed by atoms with Gasteiger partial charge in [-0.05, 0) is 60.2 Å². The van der Waals surface area contributed by atoms with Crippen LogP contribution in [-0.2, 0) is 4.79 Å². The number of carbonyl (C=O) groups excluding carboxylic acids is 2. The summed E-state index contributed by atoms with van der Waals surface area (Å²) in [5.41, 5.74) is 1.36. The predicted octanol–water partition coefficient (Wildman–Crippen LogP) is 8.22. The van der Waals surface area contributed by atoms with Gasteiger partial charge in [-0.3, -0.25) is 9.59 Å². The Kier molecular flexibility index (Phi) is 7.26. The molecule has 2 N–H and O–H groups in total. The van der Waals surface area contributed by atoms with Gasteiger partial charge < -0.3 is 10.6 Å². The number of amides is 2. The van der Waals surface area contributed by atoms with Crippen molar-refractivity contribution in [3.05, 3.63) is 91.6 Å². The molecule has 34 heavy (non-hydrogen) atoms. The summed E-state index contributed by atoms with van der Waals surface area (Å²) < 4.78 is 11.7. The Balaban J connectivity index is 1.51. The van der Waals surface area contributed by atoms with Crippen LogP contribution in [0, 0.1) is 11.7 Å². The molecule has 4 nitrogen and oxygen atoms in total. The normalized spacial score (nSPS) is 18.3. The van der Waals surface area contributed by atoms with Gasteiger partial charge in [0.15, 0.2) is 0 Å². The molecule has 176 valence electrons. The van der Waals surface area contributed by atoms with Crippen molar-refractivity contribution in [3.8, 4) is 0 Å². The van der Waals surface area contributed by atoms with Gasteiger partial charge in [0, 0.05) is 17.3 Å². The monoisotopic (exact) mass is 578 g/mol. The highest BCUT2D eigenvalue weighted by Crippen LogP contribution is 2.65. The van der Waals surface area contributed by atoms with Gasteiger partial charge in [-0.25, -0.2) is 4.39 Å². The Bertz CT molecular complexity index is 1280. The fraction of sp³-hybridized carbons (Fsp3) is 0.130. The van der Waals surface area contributed by atoms with Gasteiger partial charge in [0.25, 0.3) is 5.91 Å². The third-order valence-electron chi connectivity index (χ3n) is 5.28. The molecule has 1 saturated carbocycles. The first-order valence-electron chi connectivity index (χ1n) is 9.68. The lowest BCUT2D eigenvalue weighted by Gasteiger charge is -2.10. The SMILES string of the molecule is O=C(Nc1ccc(F)cc1)c1cc(NC(=O)[C@@H]2[C@@H](c3cc(Cl)c(Cl)c(Cl)c3)C2(Cl)Cl)ccc1Cl. The standard InChI is InChI=1S/C23H13Cl6FN2O2/c24-15-6-5-13(9-14(15)21(33)31-12-3-1-11(30)2-4-12)32-22(34)19-18(23(19,28)29)10-7-16(25)20(27)17(26)8-10/h1-9,18-19H,(H,31,33)(H,32,34)/t18-,19+/m1/s1. The first-order chi connectivity index (χ1) is 16.0. The van der Waals surface area contributed by atoms with E-state index in [1.54, 1.807) is 12.1 Å². The zero-order valence-electron chi connectivity index (χ0n) is 16.8. The molecule has 0 bridgehead atoms. The molecule has 4 rings (SSSR count). The molecule has 0 unspecified atom stereocenters. The maximum Gasteiger partial charge on any atom is 0.257 e. The molecule has 1 fully saturated rings. The van der Waals surface area contributed by atoms with E-state index in [0.717, 1.165) is 0 Å². The van der Waals surface area contributed by atoms with Crippen molar-refractivity contribution >= 4 is 92.8 Å². The van der Waals surface area contributed by atoms with Crippen molar-refractivity contribution in [2.24, 2.45) is 5.92 Å². The number of alkyl halides is 2. The molecule has 11 heteroatoms. The molecule has 3 aromatic carbocycles. The minimum Gasteiger partial charge on any atom is -0.326 e.